The number of hydrogen-bond donors (Lipinski definition) is 0. The number of amides is 1. The summed E-state index contributed by atoms with van der Waals surface area (Å²) in [5.74, 6) is 2.28. The van der Waals surface area contributed by atoms with Crippen LogP contribution in [-0.4, -0.2) is 67.6 Å². The number of methoxy groups -OCH3 is 1. The Balaban J connectivity index is 2.69. The first-order valence-corrected chi connectivity index (χ1v) is 17.3. The number of phosphoric acid groups is 1. The second kappa shape index (κ2) is 15.5. The van der Waals surface area contributed by atoms with Crippen LogP contribution < -0.4 is 0 Å². The third-order valence-electron chi connectivity index (χ3n) is 6.84. The second-order valence-electron chi connectivity index (χ2n) is 13.0. The van der Waals surface area contributed by atoms with Crippen molar-refractivity contribution in [2.24, 2.45) is 22.2 Å². The van der Waals surface area contributed by atoms with Crippen LogP contribution in [0, 0.1) is 34.7 Å². The summed E-state index contributed by atoms with van der Waals surface area (Å²) in [6.07, 6.45) is 9.02. The number of terminal acetylenes is 1. The lowest BCUT2D eigenvalue weighted by Crippen LogP contribution is -2.41. The van der Waals surface area contributed by atoms with E-state index in [1.165, 1.54) is 7.11 Å². The van der Waals surface area contributed by atoms with Gasteiger partial charge in [-0.05, 0) is 42.4 Å². The number of likely N-dealkylation sites (tertiary alicyclic amines) is 1. The number of phosphoric ester groups is 1. The maximum atomic E-state index is 13.5. The molecule has 1 fully saturated rings. The van der Waals surface area contributed by atoms with Gasteiger partial charge < -0.3 is 14.2 Å². The number of ketones is 1. The zero-order valence-corrected chi connectivity index (χ0v) is 28.1. The molecular weight excluding hydrogens is 557 g/mol. The average molecular weight is 608 g/mol. The molecule has 8 nitrogen and oxygen atoms in total. The molecule has 0 aromatic heterocycles. The summed E-state index contributed by atoms with van der Waals surface area (Å²) < 4.78 is 33.1. The van der Waals surface area contributed by atoms with Crippen LogP contribution in [0.15, 0.2) is 0 Å². The molecule has 1 saturated heterocycles. The van der Waals surface area contributed by atoms with E-state index in [9.17, 15) is 14.2 Å². The lowest BCUT2D eigenvalue weighted by molar-refractivity contribution is -0.135. The molecule has 0 N–H and O–H groups in total. The highest BCUT2D eigenvalue weighted by molar-refractivity contribution is 8.76. The number of hydrogen-bond acceptors (Lipinski definition) is 9. The molecule has 0 spiro atoms. The monoisotopic (exact) mass is 607 g/mol. The number of ether oxygens (including phenoxy) is 1. The Labute approximate surface area is 244 Å². The molecule has 0 aromatic carbocycles. The maximum absolute atomic E-state index is 13.5. The van der Waals surface area contributed by atoms with Gasteiger partial charge in [-0.15, -0.1) is 0 Å². The van der Waals surface area contributed by atoms with Crippen molar-refractivity contribution in [2.45, 2.75) is 93.2 Å². The molecule has 11 heteroatoms. The van der Waals surface area contributed by atoms with Crippen molar-refractivity contribution in [3.8, 4) is 12.5 Å². The summed E-state index contributed by atoms with van der Waals surface area (Å²) in [5, 5.41) is 0. The molecule has 1 heterocycles. The average Bonchev–Trinajstić information content (AvgIpc) is 3.17. The van der Waals surface area contributed by atoms with E-state index in [1.807, 2.05) is 34.6 Å². The highest BCUT2D eigenvalue weighted by atomic mass is 33.1. The van der Waals surface area contributed by atoms with Crippen molar-refractivity contribution < 1.29 is 32.5 Å². The fourth-order valence-electron chi connectivity index (χ4n) is 5.31. The normalized spacial score (nSPS) is 20.8. The second-order valence-corrected chi connectivity index (χ2v) is 17.2. The van der Waals surface area contributed by atoms with Gasteiger partial charge in [-0.1, -0.05) is 76.5 Å². The summed E-state index contributed by atoms with van der Waals surface area (Å²) in [6.45, 7) is 17.5. The number of carbonyl (C=O) groups excluding carboxylic acids is 2. The Kier molecular flexibility index (Phi) is 14.5. The molecule has 226 valence electrons. The SMILES string of the molecule is C#COP(=O)(OC)O[C@@H]1C[C@@H](COC)N(C(=O)CC(C)(C)CC(C)(C)CSSCC(C)(C)CC(C)C(C)=O)C1. The van der Waals surface area contributed by atoms with Gasteiger partial charge in [0, 0.05) is 44.6 Å². The predicted octanol–water partition coefficient (Wildman–Crippen LogP) is 6.84. The zero-order valence-electron chi connectivity index (χ0n) is 25.5. The lowest BCUT2D eigenvalue weighted by Gasteiger charge is -2.36. The highest BCUT2D eigenvalue weighted by Gasteiger charge is 2.42. The first-order chi connectivity index (χ1) is 17.9. The molecule has 1 rings (SSSR count). The van der Waals surface area contributed by atoms with Gasteiger partial charge in [0.1, 0.15) is 11.9 Å². The summed E-state index contributed by atoms with van der Waals surface area (Å²) in [4.78, 5) is 26.9. The largest absolute Gasteiger partial charge is 0.538 e. The van der Waals surface area contributed by atoms with Crippen LogP contribution in [0.4, 0.5) is 0 Å². The predicted molar refractivity (Wildman–Crippen MR) is 161 cm³/mol. The summed E-state index contributed by atoms with van der Waals surface area (Å²) in [7, 11) is 2.63. The van der Waals surface area contributed by atoms with Crippen LogP contribution in [0.2, 0.25) is 0 Å². The van der Waals surface area contributed by atoms with Gasteiger partial charge in [-0.25, -0.2) is 4.57 Å². The standard InChI is InChI=1S/C28H50NO7PS2/c1-12-35-37(32,34-11)36-24-13-23(17-33-10)29(16-24)25(31)15-26(4,5)18-28(8,9)20-39-38-19-27(6,7)14-21(2)22(3)30/h1,21,23-24H,13-20H2,2-11H3/t21?,23-,24+,37?/m0/s1. The highest BCUT2D eigenvalue weighted by Crippen LogP contribution is 2.51. The van der Waals surface area contributed by atoms with E-state index in [0.29, 0.717) is 19.4 Å². The molecule has 2 unspecified atom stereocenters. The van der Waals surface area contributed by atoms with E-state index in [2.05, 4.69) is 41.5 Å². The first-order valence-electron chi connectivity index (χ1n) is 13.4. The fraction of sp³-hybridized carbons (Fsp3) is 0.857. The number of carbonyl (C=O) groups is 2. The Bertz CT molecular complexity index is 903. The van der Waals surface area contributed by atoms with Gasteiger partial charge >= 0.3 is 7.82 Å². The van der Waals surface area contributed by atoms with E-state index in [0.717, 1.165) is 24.3 Å². The van der Waals surface area contributed by atoms with Gasteiger partial charge in [0.15, 0.2) is 0 Å². The van der Waals surface area contributed by atoms with Gasteiger partial charge in [0.25, 0.3) is 0 Å². The third-order valence-corrected chi connectivity index (χ3v) is 11.3. The van der Waals surface area contributed by atoms with Crippen molar-refractivity contribution in [3.05, 3.63) is 0 Å². The van der Waals surface area contributed by atoms with Gasteiger partial charge in [-0.2, -0.15) is 0 Å². The molecular formula is C28H50NO7PS2. The Hall–Kier alpha value is -0.690. The minimum Gasteiger partial charge on any atom is -0.383 e. The molecule has 0 radical (unpaired) electrons. The summed E-state index contributed by atoms with van der Waals surface area (Å²) >= 11 is 0. The van der Waals surface area contributed by atoms with Crippen LogP contribution in [0.3, 0.4) is 0 Å². The molecule has 0 aromatic rings. The minimum absolute atomic E-state index is 0.0115. The minimum atomic E-state index is -3.89. The van der Waals surface area contributed by atoms with Crippen molar-refractivity contribution in [1.29, 1.82) is 0 Å². The molecule has 39 heavy (non-hydrogen) atoms. The molecule has 1 amide bonds. The maximum Gasteiger partial charge on any atom is 0.538 e. The molecule has 1 aliphatic rings. The van der Waals surface area contributed by atoms with Crippen LogP contribution >= 0.6 is 29.4 Å². The van der Waals surface area contributed by atoms with Crippen LogP contribution in [0.1, 0.15) is 81.1 Å². The van der Waals surface area contributed by atoms with Crippen LogP contribution in [0.5, 0.6) is 0 Å². The van der Waals surface area contributed by atoms with Crippen molar-refractivity contribution in [1.82, 2.24) is 4.90 Å². The zero-order chi connectivity index (χ0) is 30.1. The van der Waals surface area contributed by atoms with E-state index in [1.54, 1.807) is 18.9 Å². The summed E-state index contributed by atoms with van der Waals surface area (Å²) in [6, 6.07) is -0.200. The Morgan fingerprint density at radius 3 is 2.18 bits per heavy atom. The van der Waals surface area contributed by atoms with Crippen molar-refractivity contribution in [2.75, 3.05) is 38.9 Å². The van der Waals surface area contributed by atoms with E-state index < -0.39 is 13.9 Å². The van der Waals surface area contributed by atoms with E-state index in [4.69, 9.17) is 24.7 Å². The Morgan fingerprint density at radius 2 is 1.67 bits per heavy atom. The smallest absolute Gasteiger partial charge is 0.383 e. The Morgan fingerprint density at radius 1 is 1.08 bits per heavy atom. The van der Waals surface area contributed by atoms with Crippen LogP contribution in [-0.2, 0) is 32.5 Å². The number of nitrogens with zero attached hydrogens (tertiary/aromatic N) is 1. The molecule has 1 aliphatic heterocycles. The van der Waals surface area contributed by atoms with Gasteiger partial charge in [-0.3, -0.25) is 18.6 Å². The topological polar surface area (TPSA) is 91.4 Å². The molecule has 0 aliphatic carbocycles. The number of Topliss-reactive ketones (excluding diaryl/α,β-unsaturated/α-hetero) is 1. The third kappa shape index (κ3) is 13.2. The van der Waals surface area contributed by atoms with Crippen molar-refractivity contribution in [3.63, 3.8) is 0 Å². The van der Waals surface area contributed by atoms with E-state index >= 15 is 0 Å². The quantitative estimate of drug-likeness (QED) is 0.0719. The number of rotatable bonds is 18. The lowest BCUT2D eigenvalue weighted by atomic mass is 9.74. The molecule has 4 atom stereocenters. The van der Waals surface area contributed by atoms with Gasteiger partial charge in [0.2, 0.25) is 5.91 Å². The molecule has 0 saturated carbocycles. The van der Waals surface area contributed by atoms with Gasteiger partial charge in [0.05, 0.1) is 18.8 Å². The van der Waals surface area contributed by atoms with E-state index in [-0.39, 0.29) is 46.4 Å². The fourth-order valence-corrected chi connectivity index (χ4v) is 9.60. The van der Waals surface area contributed by atoms with Crippen LogP contribution in [0.25, 0.3) is 0 Å². The summed E-state index contributed by atoms with van der Waals surface area (Å²) in [5.41, 5.74) is -0.107. The molecule has 0 bridgehead atoms. The van der Waals surface area contributed by atoms with Crippen molar-refractivity contribution >= 4 is 41.1 Å². The first kappa shape index (κ1) is 36.3.